The Morgan fingerprint density at radius 3 is 2.75 bits per heavy atom. The zero-order valence-corrected chi connectivity index (χ0v) is 10.8. The molecule has 4 nitrogen and oxygen atoms in total. The maximum Gasteiger partial charge on any atom is 0.239 e. The average molecular weight is 228 g/mol. The summed E-state index contributed by atoms with van der Waals surface area (Å²) in [5, 5.41) is 6.14. The highest BCUT2D eigenvalue weighted by Crippen LogP contribution is 2.24. The standard InChI is InChI=1S/C12H24N2O2/c1-9(2)12(3,4)8-14-11(15)10-7-16-6-5-13-10/h9-10,13H,5-8H2,1-4H3,(H,14,15). The lowest BCUT2D eigenvalue weighted by molar-refractivity contribution is -0.126. The van der Waals surface area contributed by atoms with Gasteiger partial charge in [-0.15, -0.1) is 0 Å². The second-order valence-electron chi connectivity index (χ2n) is 5.44. The van der Waals surface area contributed by atoms with Crippen LogP contribution in [0.2, 0.25) is 0 Å². The maximum absolute atomic E-state index is 11.8. The summed E-state index contributed by atoms with van der Waals surface area (Å²) in [6.07, 6.45) is 0. The largest absolute Gasteiger partial charge is 0.378 e. The predicted molar refractivity (Wildman–Crippen MR) is 64.2 cm³/mol. The Hall–Kier alpha value is -0.610. The van der Waals surface area contributed by atoms with Crippen LogP contribution in [0.3, 0.4) is 0 Å². The Balaban J connectivity index is 2.34. The molecule has 0 aromatic rings. The van der Waals surface area contributed by atoms with E-state index in [9.17, 15) is 4.79 Å². The summed E-state index contributed by atoms with van der Waals surface area (Å²) in [6.45, 7) is 11.3. The molecule has 0 radical (unpaired) electrons. The van der Waals surface area contributed by atoms with E-state index in [1.807, 2.05) is 0 Å². The van der Waals surface area contributed by atoms with E-state index < -0.39 is 0 Å². The Morgan fingerprint density at radius 1 is 1.56 bits per heavy atom. The van der Waals surface area contributed by atoms with Crippen molar-refractivity contribution in [1.29, 1.82) is 0 Å². The third-order valence-electron chi connectivity index (χ3n) is 3.52. The van der Waals surface area contributed by atoms with Gasteiger partial charge in [0.2, 0.25) is 5.91 Å². The lowest BCUT2D eigenvalue weighted by Crippen LogP contribution is -2.52. The van der Waals surface area contributed by atoms with E-state index in [-0.39, 0.29) is 17.4 Å². The van der Waals surface area contributed by atoms with E-state index >= 15 is 0 Å². The van der Waals surface area contributed by atoms with E-state index in [1.54, 1.807) is 0 Å². The number of nitrogens with one attached hydrogen (secondary N) is 2. The highest BCUT2D eigenvalue weighted by molar-refractivity contribution is 5.82. The molecule has 0 aromatic carbocycles. The molecular weight excluding hydrogens is 204 g/mol. The maximum atomic E-state index is 11.8. The minimum absolute atomic E-state index is 0.0495. The Bertz CT molecular complexity index is 233. The Labute approximate surface area is 98.1 Å². The average Bonchev–Trinajstić information content (AvgIpc) is 2.27. The molecule has 1 saturated heterocycles. The lowest BCUT2D eigenvalue weighted by Gasteiger charge is -2.31. The molecule has 0 saturated carbocycles. The van der Waals surface area contributed by atoms with Gasteiger partial charge < -0.3 is 15.4 Å². The van der Waals surface area contributed by atoms with Crippen molar-refractivity contribution in [1.82, 2.24) is 10.6 Å². The minimum atomic E-state index is -0.184. The normalized spacial score (nSPS) is 22.2. The molecular formula is C12H24N2O2. The van der Waals surface area contributed by atoms with E-state index in [2.05, 4.69) is 38.3 Å². The highest BCUT2D eigenvalue weighted by atomic mass is 16.5. The number of morpholine rings is 1. The van der Waals surface area contributed by atoms with Crippen molar-refractivity contribution in [2.75, 3.05) is 26.3 Å². The Morgan fingerprint density at radius 2 is 2.25 bits per heavy atom. The molecule has 16 heavy (non-hydrogen) atoms. The summed E-state index contributed by atoms with van der Waals surface area (Å²) >= 11 is 0. The fourth-order valence-electron chi connectivity index (χ4n) is 1.38. The van der Waals surface area contributed by atoms with Gasteiger partial charge in [0, 0.05) is 13.1 Å². The quantitative estimate of drug-likeness (QED) is 0.747. The third kappa shape index (κ3) is 3.76. The summed E-state index contributed by atoms with van der Waals surface area (Å²) in [5.74, 6) is 0.594. The first kappa shape index (κ1) is 13.5. The molecule has 2 N–H and O–H groups in total. The van der Waals surface area contributed by atoms with Crippen LogP contribution in [0, 0.1) is 11.3 Å². The van der Waals surface area contributed by atoms with Crippen LogP contribution in [-0.4, -0.2) is 38.3 Å². The van der Waals surface area contributed by atoms with Gasteiger partial charge in [0.25, 0.3) is 0 Å². The summed E-state index contributed by atoms with van der Waals surface area (Å²) in [7, 11) is 0. The number of hydrogen-bond donors (Lipinski definition) is 2. The molecule has 1 unspecified atom stereocenters. The molecule has 1 amide bonds. The van der Waals surface area contributed by atoms with Gasteiger partial charge in [0.1, 0.15) is 6.04 Å². The van der Waals surface area contributed by atoms with Crippen molar-refractivity contribution in [3.8, 4) is 0 Å². The molecule has 1 aliphatic rings. The van der Waals surface area contributed by atoms with Gasteiger partial charge in [-0.25, -0.2) is 0 Å². The summed E-state index contributed by atoms with van der Waals surface area (Å²) in [4.78, 5) is 11.8. The molecule has 0 aromatic heterocycles. The van der Waals surface area contributed by atoms with Crippen LogP contribution in [0.15, 0.2) is 0 Å². The second kappa shape index (κ2) is 5.64. The molecule has 4 heteroatoms. The molecule has 1 heterocycles. The van der Waals surface area contributed by atoms with Crippen LogP contribution in [-0.2, 0) is 9.53 Å². The van der Waals surface area contributed by atoms with Gasteiger partial charge in [0.15, 0.2) is 0 Å². The fraction of sp³-hybridized carbons (Fsp3) is 0.917. The van der Waals surface area contributed by atoms with E-state index in [0.717, 1.165) is 6.54 Å². The number of rotatable bonds is 4. The van der Waals surface area contributed by atoms with Crippen molar-refractivity contribution in [2.24, 2.45) is 11.3 Å². The molecule has 94 valence electrons. The molecule has 1 fully saturated rings. The minimum Gasteiger partial charge on any atom is -0.378 e. The van der Waals surface area contributed by atoms with Gasteiger partial charge >= 0.3 is 0 Å². The lowest BCUT2D eigenvalue weighted by atomic mass is 9.81. The molecule has 0 spiro atoms. The van der Waals surface area contributed by atoms with Gasteiger partial charge in [-0.1, -0.05) is 27.7 Å². The van der Waals surface area contributed by atoms with Crippen molar-refractivity contribution < 1.29 is 9.53 Å². The van der Waals surface area contributed by atoms with E-state index in [4.69, 9.17) is 4.74 Å². The third-order valence-corrected chi connectivity index (χ3v) is 3.52. The van der Waals surface area contributed by atoms with E-state index in [1.165, 1.54) is 0 Å². The van der Waals surface area contributed by atoms with Crippen molar-refractivity contribution in [3.05, 3.63) is 0 Å². The first-order valence-electron chi connectivity index (χ1n) is 6.02. The van der Waals surface area contributed by atoms with Crippen LogP contribution in [0.4, 0.5) is 0 Å². The smallest absolute Gasteiger partial charge is 0.239 e. The van der Waals surface area contributed by atoms with Crippen molar-refractivity contribution in [2.45, 2.75) is 33.7 Å². The number of hydrogen-bond acceptors (Lipinski definition) is 3. The fourth-order valence-corrected chi connectivity index (χ4v) is 1.38. The predicted octanol–water partition coefficient (Wildman–Crippen LogP) is 0.773. The van der Waals surface area contributed by atoms with Crippen molar-refractivity contribution >= 4 is 5.91 Å². The molecule has 0 bridgehead atoms. The van der Waals surface area contributed by atoms with Gasteiger partial charge in [-0.05, 0) is 11.3 Å². The van der Waals surface area contributed by atoms with Crippen LogP contribution in [0.5, 0.6) is 0 Å². The second-order valence-corrected chi connectivity index (χ2v) is 5.44. The van der Waals surface area contributed by atoms with Crippen LogP contribution < -0.4 is 10.6 Å². The number of amides is 1. The molecule has 1 aliphatic heterocycles. The molecule has 1 rings (SSSR count). The highest BCUT2D eigenvalue weighted by Gasteiger charge is 2.26. The first-order valence-corrected chi connectivity index (χ1v) is 6.02. The van der Waals surface area contributed by atoms with Crippen LogP contribution >= 0.6 is 0 Å². The Kier molecular flexibility index (Phi) is 4.74. The topological polar surface area (TPSA) is 50.4 Å². The number of ether oxygens (including phenoxy) is 1. The SMILES string of the molecule is CC(C)C(C)(C)CNC(=O)C1COCCN1. The van der Waals surface area contributed by atoms with Crippen molar-refractivity contribution in [3.63, 3.8) is 0 Å². The number of carbonyl (C=O) groups is 1. The van der Waals surface area contributed by atoms with E-state index in [0.29, 0.717) is 25.7 Å². The first-order chi connectivity index (χ1) is 7.43. The van der Waals surface area contributed by atoms with Crippen LogP contribution in [0.25, 0.3) is 0 Å². The molecule has 1 atom stereocenters. The molecule has 0 aliphatic carbocycles. The van der Waals surface area contributed by atoms with Gasteiger partial charge in [-0.2, -0.15) is 0 Å². The van der Waals surface area contributed by atoms with Crippen LogP contribution in [0.1, 0.15) is 27.7 Å². The zero-order valence-electron chi connectivity index (χ0n) is 10.8. The summed E-state index contributed by atoms with van der Waals surface area (Å²) in [6, 6.07) is -0.184. The summed E-state index contributed by atoms with van der Waals surface area (Å²) in [5.41, 5.74) is 0.130. The number of carbonyl (C=O) groups excluding carboxylic acids is 1. The van der Waals surface area contributed by atoms with Gasteiger partial charge in [0.05, 0.1) is 13.2 Å². The monoisotopic (exact) mass is 228 g/mol. The van der Waals surface area contributed by atoms with Gasteiger partial charge in [-0.3, -0.25) is 4.79 Å². The zero-order chi connectivity index (χ0) is 12.2. The summed E-state index contributed by atoms with van der Waals surface area (Å²) < 4.78 is 5.26.